The van der Waals surface area contributed by atoms with Gasteiger partial charge in [-0.2, -0.15) is 0 Å². The summed E-state index contributed by atoms with van der Waals surface area (Å²) in [7, 11) is 2.07. The molecule has 14 heavy (non-hydrogen) atoms. The van der Waals surface area contributed by atoms with Crippen molar-refractivity contribution in [2.45, 2.75) is 51.5 Å². The number of guanidine groups is 1. The maximum atomic E-state index is 5.91. The van der Waals surface area contributed by atoms with Gasteiger partial charge in [0.2, 0.25) is 0 Å². The Labute approximate surface area is 87.4 Å². The summed E-state index contributed by atoms with van der Waals surface area (Å²) in [5.74, 6) is 0.721. The lowest BCUT2D eigenvalue weighted by molar-refractivity contribution is 0.275. The molecular weight excluding hydrogens is 174 g/mol. The van der Waals surface area contributed by atoms with Crippen LogP contribution in [-0.2, 0) is 0 Å². The molecule has 2 N–H and O–H groups in total. The molecule has 0 radical (unpaired) electrons. The predicted molar refractivity (Wildman–Crippen MR) is 61.4 cm³/mol. The van der Waals surface area contributed by atoms with Crippen molar-refractivity contribution in [3.8, 4) is 0 Å². The van der Waals surface area contributed by atoms with Crippen LogP contribution in [0, 0.1) is 0 Å². The summed E-state index contributed by atoms with van der Waals surface area (Å²) in [6, 6.07) is 0.629. The Morgan fingerprint density at radius 1 is 1.36 bits per heavy atom. The zero-order valence-corrected chi connectivity index (χ0v) is 9.50. The number of nitrogens with two attached hydrogens (primary N) is 1. The molecular formula is C11H23N3. The second-order valence-corrected chi connectivity index (χ2v) is 4.14. The van der Waals surface area contributed by atoms with Crippen molar-refractivity contribution in [1.82, 2.24) is 4.90 Å². The van der Waals surface area contributed by atoms with Crippen LogP contribution >= 0.6 is 0 Å². The second kappa shape index (κ2) is 5.89. The summed E-state index contributed by atoms with van der Waals surface area (Å²) in [6.45, 7) is 2.97. The van der Waals surface area contributed by atoms with Crippen LogP contribution in [0.5, 0.6) is 0 Å². The summed E-state index contributed by atoms with van der Waals surface area (Å²) in [5.41, 5.74) is 5.91. The highest BCUT2D eigenvalue weighted by Gasteiger charge is 2.18. The van der Waals surface area contributed by atoms with E-state index in [1.54, 1.807) is 0 Å². The average molecular weight is 197 g/mol. The number of hydrogen-bond acceptors (Lipinski definition) is 1. The summed E-state index contributed by atoms with van der Waals surface area (Å²) in [5, 5.41) is 0. The van der Waals surface area contributed by atoms with Crippen molar-refractivity contribution in [3.05, 3.63) is 0 Å². The van der Waals surface area contributed by atoms with Gasteiger partial charge in [0.05, 0.1) is 0 Å². The summed E-state index contributed by atoms with van der Waals surface area (Å²) in [6.07, 6.45) is 7.69. The Hall–Kier alpha value is -0.730. The molecule has 0 heterocycles. The van der Waals surface area contributed by atoms with Crippen LogP contribution < -0.4 is 5.73 Å². The fourth-order valence-corrected chi connectivity index (χ4v) is 1.99. The Kier molecular flexibility index (Phi) is 4.77. The number of rotatable bonds is 3. The third kappa shape index (κ3) is 3.20. The molecule has 0 unspecified atom stereocenters. The summed E-state index contributed by atoms with van der Waals surface area (Å²) < 4.78 is 0. The lowest BCUT2D eigenvalue weighted by atomic mass is 9.95. The first-order valence-corrected chi connectivity index (χ1v) is 5.78. The fraction of sp³-hybridized carbons (Fsp3) is 0.909. The van der Waals surface area contributed by atoms with Crippen LogP contribution in [-0.4, -0.2) is 30.5 Å². The monoisotopic (exact) mass is 197 g/mol. The quantitative estimate of drug-likeness (QED) is 0.555. The number of aliphatic imine (C=N–C) groups is 1. The largest absolute Gasteiger partial charge is 0.370 e. The lowest BCUT2D eigenvalue weighted by Crippen LogP contribution is -2.42. The molecule has 0 aromatic heterocycles. The van der Waals surface area contributed by atoms with Crippen LogP contribution in [0.4, 0.5) is 0 Å². The molecule has 82 valence electrons. The van der Waals surface area contributed by atoms with Gasteiger partial charge in [-0.3, -0.25) is 4.99 Å². The van der Waals surface area contributed by atoms with E-state index in [1.165, 1.54) is 32.1 Å². The Morgan fingerprint density at radius 2 is 2.00 bits per heavy atom. The van der Waals surface area contributed by atoms with E-state index in [4.69, 9.17) is 5.73 Å². The number of hydrogen-bond donors (Lipinski definition) is 1. The molecule has 0 aliphatic heterocycles. The van der Waals surface area contributed by atoms with Crippen molar-refractivity contribution in [1.29, 1.82) is 0 Å². The van der Waals surface area contributed by atoms with Crippen molar-refractivity contribution in [2.24, 2.45) is 10.7 Å². The van der Waals surface area contributed by atoms with Crippen molar-refractivity contribution in [3.63, 3.8) is 0 Å². The van der Waals surface area contributed by atoms with Crippen LogP contribution in [0.2, 0.25) is 0 Å². The molecule has 0 aromatic carbocycles. The van der Waals surface area contributed by atoms with E-state index in [9.17, 15) is 0 Å². The molecule has 0 aromatic rings. The van der Waals surface area contributed by atoms with Crippen LogP contribution in [0.25, 0.3) is 0 Å². The highest BCUT2D eigenvalue weighted by molar-refractivity contribution is 5.78. The van der Waals surface area contributed by atoms with Crippen LogP contribution in [0.15, 0.2) is 4.99 Å². The van der Waals surface area contributed by atoms with E-state index >= 15 is 0 Å². The van der Waals surface area contributed by atoms with Gasteiger partial charge in [0.1, 0.15) is 0 Å². The van der Waals surface area contributed by atoms with Gasteiger partial charge in [0.15, 0.2) is 5.96 Å². The smallest absolute Gasteiger partial charge is 0.191 e. The Morgan fingerprint density at radius 3 is 2.57 bits per heavy atom. The topological polar surface area (TPSA) is 41.6 Å². The van der Waals surface area contributed by atoms with E-state index < -0.39 is 0 Å². The average Bonchev–Trinajstić information content (AvgIpc) is 2.26. The van der Waals surface area contributed by atoms with Gasteiger partial charge in [-0.1, -0.05) is 26.2 Å². The highest BCUT2D eigenvalue weighted by Crippen LogP contribution is 2.21. The van der Waals surface area contributed by atoms with Crippen molar-refractivity contribution >= 4 is 5.96 Å². The molecule has 1 aliphatic rings. The second-order valence-electron chi connectivity index (χ2n) is 4.14. The zero-order chi connectivity index (χ0) is 10.4. The van der Waals surface area contributed by atoms with Gasteiger partial charge >= 0.3 is 0 Å². The van der Waals surface area contributed by atoms with Gasteiger partial charge in [-0.05, 0) is 19.3 Å². The predicted octanol–water partition coefficient (Wildman–Crippen LogP) is 1.98. The minimum Gasteiger partial charge on any atom is -0.370 e. The van der Waals surface area contributed by atoms with Gasteiger partial charge in [0.25, 0.3) is 0 Å². The van der Waals surface area contributed by atoms with Crippen molar-refractivity contribution in [2.75, 3.05) is 13.6 Å². The molecule has 1 fully saturated rings. The van der Waals surface area contributed by atoms with E-state index in [2.05, 4.69) is 23.9 Å². The summed E-state index contributed by atoms with van der Waals surface area (Å²) in [4.78, 5) is 6.50. The van der Waals surface area contributed by atoms with Gasteiger partial charge in [-0.15, -0.1) is 0 Å². The molecule has 3 nitrogen and oxygen atoms in total. The first-order valence-electron chi connectivity index (χ1n) is 5.78. The minimum atomic E-state index is 0.629. The minimum absolute atomic E-state index is 0.629. The van der Waals surface area contributed by atoms with Gasteiger partial charge in [-0.25, -0.2) is 0 Å². The Balaban J connectivity index is 2.41. The van der Waals surface area contributed by atoms with Gasteiger partial charge < -0.3 is 10.6 Å². The lowest BCUT2D eigenvalue weighted by Gasteiger charge is -2.31. The molecule has 3 heteroatoms. The normalized spacial score (nSPS) is 19.7. The molecule has 1 aliphatic carbocycles. The third-order valence-corrected chi connectivity index (χ3v) is 2.98. The molecule has 0 saturated heterocycles. The van der Waals surface area contributed by atoms with E-state index in [0.717, 1.165) is 18.9 Å². The molecule has 0 atom stereocenters. The zero-order valence-electron chi connectivity index (χ0n) is 9.50. The summed E-state index contributed by atoms with van der Waals surface area (Å²) >= 11 is 0. The van der Waals surface area contributed by atoms with Crippen LogP contribution in [0.1, 0.15) is 45.4 Å². The molecule has 1 rings (SSSR count). The van der Waals surface area contributed by atoms with Crippen LogP contribution in [0.3, 0.4) is 0 Å². The van der Waals surface area contributed by atoms with Gasteiger partial charge in [0, 0.05) is 19.6 Å². The molecule has 0 spiro atoms. The van der Waals surface area contributed by atoms with E-state index in [0.29, 0.717) is 6.04 Å². The molecule has 0 bridgehead atoms. The van der Waals surface area contributed by atoms with E-state index in [1.807, 2.05) is 0 Å². The van der Waals surface area contributed by atoms with E-state index in [-0.39, 0.29) is 0 Å². The first-order chi connectivity index (χ1) is 6.75. The molecule has 0 amide bonds. The Bertz CT molecular complexity index is 183. The fourth-order valence-electron chi connectivity index (χ4n) is 1.99. The maximum absolute atomic E-state index is 5.91. The third-order valence-electron chi connectivity index (χ3n) is 2.98. The highest BCUT2D eigenvalue weighted by atomic mass is 15.3. The first kappa shape index (κ1) is 11.3. The standard InChI is InChI=1S/C11H23N3/c1-3-9-13-11(12)14(2)10-7-5-4-6-8-10/h10H,3-9H2,1-2H3,(H2,12,13). The SMILES string of the molecule is CCCN=C(N)N(C)C1CCCCC1. The maximum Gasteiger partial charge on any atom is 0.191 e. The molecule has 1 saturated carbocycles. The van der Waals surface area contributed by atoms with Crippen molar-refractivity contribution < 1.29 is 0 Å². The number of nitrogens with zero attached hydrogens (tertiary/aromatic N) is 2.